The molecular formula is C27H23FN8O4. The van der Waals surface area contributed by atoms with Crippen molar-refractivity contribution in [3.8, 4) is 17.4 Å². The third kappa shape index (κ3) is 4.36. The molecule has 1 unspecified atom stereocenters. The number of aryl methyl sites for hydroxylation is 1. The van der Waals surface area contributed by atoms with E-state index in [2.05, 4.69) is 25.5 Å². The number of carbonyl (C=O) groups is 2. The highest BCUT2D eigenvalue weighted by molar-refractivity contribution is 6.04. The van der Waals surface area contributed by atoms with Crippen LogP contribution >= 0.6 is 0 Å². The van der Waals surface area contributed by atoms with E-state index in [0.717, 1.165) is 0 Å². The molecule has 3 aromatic heterocycles. The van der Waals surface area contributed by atoms with Crippen LogP contribution < -0.4 is 20.5 Å². The lowest BCUT2D eigenvalue weighted by Gasteiger charge is -2.19. The number of carbonyl (C=O) groups excluding carboxylic acids is 2. The van der Waals surface area contributed by atoms with Gasteiger partial charge in [-0.05, 0) is 43.3 Å². The van der Waals surface area contributed by atoms with E-state index in [4.69, 9.17) is 4.74 Å². The Morgan fingerprint density at radius 3 is 2.67 bits per heavy atom. The van der Waals surface area contributed by atoms with Gasteiger partial charge in [0.25, 0.3) is 5.56 Å². The van der Waals surface area contributed by atoms with Crippen LogP contribution in [0.25, 0.3) is 22.7 Å². The summed E-state index contributed by atoms with van der Waals surface area (Å²) < 4.78 is 21.5. The van der Waals surface area contributed by atoms with Crippen molar-refractivity contribution in [1.82, 2.24) is 29.5 Å². The minimum atomic E-state index is -0.629. The van der Waals surface area contributed by atoms with Crippen molar-refractivity contribution in [2.75, 3.05) is 23.9 Å². The summed E-state index contributed by atoms with van der Waals surface area (Å²) in [5, 5.41) is 11.7. The second-order valence-corrected chi connectivity index (χ2v) is 9.31. The molecule has 1 fully saturated rings. The van der Waals surface area contributed by atoms with Crippen molar-refractivity contribution in [3.05, 3.63) is 82.7 Å². The third-order valence-electron chi connectivity index (χ3n) is 6.65. The molecular weight excluding hydrogens is 519 g/mol. The van der Waals surface area contributed by atoms with Crippen molar-refractivity contribution in [3.63, 3.8) is 0 Å². The molecule has 0 radical (unpaired) electrons. The first-order valence-corrected chi connectivity index (χ1v) is 12.4. The van der Waals surface area contributed by atoms with Crippen molar-refractivity contribution < 1.29 is 18.7 Å². The molecule has 40 heavy (non-hydrogen) atoms. The molecule has 2 amide bonds. The second kappa shape index (κ2) is 9.76. The molecule has 202 valence electrons. The van der Waals surface area contributed by atoms with Crippen LogP contribution in [0, 0.1) is 18.7 Å². The molecule has 1 aliphatic rings. The Labute approximate surface area is 226 Å². The fourth-order valence-corrected chi connectivity index (χ4v) is 4.73. The van der Waals surface area contributed by atoms with Crippen LogP contribution in [0.15, 0.2) is 65.6 Å². The zero-order chi connectivity index (χ0) is 28.0. The molecule has 1 atom stereocenters. The molecule has 2 aromatic carbocycles. The number of halogens is 1. The van der Waals surface area contributed by atoms with E-state index >= 15 is 0 Å². The van der Waals surface area contributed by atoms with E-state index < -0.39 is 17.3 Å². The van der Waals surface area contributed by atoms with Gasteiger partial charge in [0.05, 0.1) is 36.3 Å². The van der Waals surface area contributed by atoms with Crippen LogP contribution in [0.4, 0.5) is 15.9 Å². The summed E-state index contributed by atoms with van der Waals surface area (Å²) in [6.07, 6.45) is 1.39. The van der Waals surface area contributed by atoms with Crippen LogP contribution in [0.1, 0.15) is 12.1 Å². The molecule has 0 aliphatic carbocycles. The number of nitrogens with zero attached hydrogens (tertiary/aromatic N) is 6. The van der Waals surface area contributed by atoms with Gasteiger partial charge in [-0.15, -0.1) is 0 Å². The minimum Gasteiger partial charge on any atom is -0.495 e. The zero-order valence-corrected chi connectivity index (χ0v) is 21.5. The number of H-pyrrole nitrogens is 1. The maximum absolute atomic E-state index is 13.4. The van der Waals surface area contributed by atoms with E-state index in [1.165, 1.54) is 51.8 Å². The largest absolute Gasteiger partial charge is 0.495 e. The molecule has 0 spiro atoms. The van der Waals surface area contributed by atoms with Crippen molar-refractivity contribution in [2.24, 2.45) is 5.92 Å². The number of para-hydroxylation sites is 2. The summed E-state index contributed by atoms with van der Waals surface area (Å²) in [5.74, 6) is -0.768. The van der Waals surface area contributed by atoms with Crippen molar-refractivity contribution in [2.45, 2.75) is 13.3 Å². The molecule has 1 saturated heterocycles. The molecule has 0 saturated carbocycles. The first-order chi connectivity index (χ1) is 19.3. The van der Waals surface area contributed by atoms with Gasteiger partial charge in [0.2, 0.25) is 17.8 Å². The van der Waals surface area contributed by atoms with Gasteiger partial charge in [-0.2, -0.15) is 19.9 Å². The summed E-state index contributed by atoms with van der Waals surface area (Å²) in [6, 6.07) is 14.4. The van der Waals surface area contributed by atoms with E-state index in [-0.39, 0.29) is 47.6 Å². The smallest absolute Gasteiger partial charge is 0.263 e. The Kier molecular flexibility index (Phi) is 6.10. The molecule has 5 aromatic rings. The topological polar surface area (TPSA) is 140 Å². The van der Waals surface area contributed by atoms with E-state index in [9.17, 15) is 18.8 Å². The number of hydrogen-bond acceptors (Lipinski definition) is 7. The predicted molar refractivity (Wildman–Crippen MR) is 143 cm³/mol. The van der Waals surface area contributed by atoms with E-state index in [0.29, 0.717) is 22.8 Å². The number of methoxy groups -OCH3 is 1. The Morgan fingerprint density at radius 1 is 1.12 bits per heavy atom. The molecule has 12 nitrogen and oxygen atoms in total. The first-order valence-electron chi connectivity index (χ1n) is 12.4. The van der Waals surface area contributed by atoms with Crippen LogP contribution in [0.2, 0.25) is 0 Å². The van der Waals surface area contributed by atoms with E-state index in [1.54, 1.807) is 37.3 Å². The van der Waals surface area contributed by atoms with Gasteiger partial charge in [0.15, 0.2) is 5.65 Å². The Morgan fingerprint density at radius 2 is 1.90 bits per heavy atom. The molecule has 6 rings (SSSR count). The average molecular weight is 543 g/mol. The number of hydrogen-bond donors (Lipinski definition) is 2. The van der Waals surface area contributed by atoms with Crippen molar-refractivity contribution in [1.29, 1.82) is 0 Å². The monoisotopic (exact) mass is 542 g/mol. The quantitative estimate of drug-likeness (QED) is 0.336. The number of amides is 2. The van der Waals surface area contributed by atoms with Crippen LogP contribution in [0.5, 0.6) is 5.75 Å². The average Bonchev–Trinajstić information content (AvgIpc) is 3.65. The standard InChI is InChI=1S/C27H23FN8O4/c1-15-11-22(30-25(38)16-12-23(37)34(14-16)20-5-3-4-6-21(20)40-2)36(33-15)27-31-24-19(26(39)32-27)13-29-35(24)18-9-7-17(28)8-10-18/h3-11,13,16H,12,14H2,1-2H3,(H,30,38)(H,31,32,39). The lowest BCUT2D eigenvalue weighted by Crippen LogP contribution is -2.29. The minimum absolute atomic E-state index is 0.0227. The maximum Gasteiger partial charge on any atom is 0.263 e. The second-order valence-electron chi connectivity index (χ2n) is 9.31. The number of ether oxygens (including phenoxy) is 1. The fraction of sp³-hybridized carbons (Fsp3) is 0.185. The maximum atomic E-state index is 13.4. The number of aromatic amines is 1. The van der Waals surface area contributed by atoms with Gasteiger partial charge in [0, 0.05) is 19.0 Å². The highest BCUT2D eigenvalue weighted by atomic mass is 19.1. The third-order valence-corrected chi connectivity index (χ3v) is 6.65. The SMILES string of the molecule is COc1ccccc1N1CC(C(=O)Nc2cc(C)nn2-c2nc3c(cnn3-c3ccc(F)cc3)c(=O)[nH]2)CC1=O. The molecule has 2 N–H and O–H groups in total. The Hall–Kier alpha value is -5.33. The molecule has 13 heteroatoms. The molecule has 4 heterocycles. The number of aromatic nitrogens is 6. The Balaban J connectivity index is 1.30. The zero-order valence-electron chi connectivity index (χ0n) is 21.5. The van der Waals surface area contributed by atoms with Gasteiger partial charge >= 0.3 is 0 Å². The summed E-state index contributed by atoms with van der Waals surface area (Å²) in [5.41, 5.74) is 1.43. The highest BCUT2D eigenvalue weighted by Crippen LogP contribution is 2.33. The molecule has 1 aliphatic heterocycles. The number of nitrogens with one attached hydrogen (secondary N) is 2. The van der Waals surface area contributed by atoms with Crippen molar-refractivity contribution >= 4 is 34.4 Å². The number of anilines is 2. The van der Waals surface area contributed by atoms with Crippen LogP contribution in [-0.2, 0) is 9.59 Å². The first kappa shape index (κ1) is 25.0. The number of rotatable bonds is 6. The van der Waals surface area contributed by atoms with Crippen LogP contribution in [0.3, 0.4) is 0 Å². The van der Waals surface area contributed by atoms with E-state index in [1.807, 2.05) is 0 Å². The lowest BCUT2D eigenvalue weighted by molar-refractivity contribution is -0.122. The lowest BCUT2D eigenvalue weighted by atomic mass is 10.1. The molecule has 0 bridgehead atoms. The van der Waals surface area contributed by atoms with Gasteiger partial charge in [-0.25, -0.2) is 9.07 Å². The van der Waals surface area contributed by atoms with Crippen LogP contribution in [-0.4, -0.2) is 55.0 Å². The van der Waals surface area contributed by atoms with Gasteiger partial charge in [-0.3, -0.25) is 19.4 Å². The summed E-state index contributed by atoms with van der Waals surface area (Å²) >= 11 is 0. The van der Waals surface area contributed by atoms with Gasteiger partial charge in [0.1, 0.15) is 22.8 Å². The predicted octanol–water partition coefficient (Wildman–Crippen LogP) is 2.74. The summed E-state index contributed by atoms with van der Waals surface area (Å²) in [4.78, 5) is 47.7. The van der Waals surface area contributed by atoms with Gasteiger partial charge in [-0.1, -0.05) is 12.1 Å². The normalized spacial score (nSPS) is 15.1. The fourth-order valence-electron chi connectivity index (χ4n) is 4.73. The Bertz CT molecular complexity index is 1820. The highest BCUT2D eigenvalue weighted by Gasteiger charge is 2.36. The summed E-state index contributed by atoms with van der Waals surface area (Å²) in [6.45, 7) is 1.91. The number of benzene rings is 2. The van der Waals surface area contributed by atoms with Gasteiger partial charge < -0.3 is 15.0 Å². The number of fused-ring (bicyclic) bond motifs is 1. The summed E-state index contributed by atoms with van der Waals surface area (Å²) in [7, 11) is 1.52.